The second-order valence-corrected chi connectivity index (χ2v) is 5.39. The number of hydrogen-bond donors (Lipinski definition) is 1. The number of aromatic nitrogens is 2. The van der Waals surface area contributed by atoms with Crippen molar-refractivity contribution in [3.05, 3.63) is 70.0 Å². The van der Waals surface area contributed by atoms with Crippen molar-refractivity contribution in [2.45, 2.75) is 6.54 Å². The first-order valence-electron chi connectivity index (χ1n) is 7.15. The minimum absolute atomic E-state index is 0.0883. The quantitative estimate of drug-likeness (QED) is 0.803. The van der Waals surface area contributed by atoms with Crippen LogP contribution in [0.3, 0.4) is 0 Å². The second kappa shape index (κ2) is 5.72. The van der Waals surface area contributed by atoms with Gasteiger partial charge in [0.1, 0.15) is 11.5 Å². The molecule has 0 aliphatic rings. The molecule has 0 saturated heterocycles. The topological polar surface area (TPSA) is 56.0 Å². The first-order chi connectivity index (χ1) is 11.0. The molecule has 23 heavy (non-hydrogen) atoms. The van der Waals surface area contributed by atoms with Crippen molar-refractivity contribution < 1.29 is 9.18 Å². The van der Waals surface area contributed by atoms with Crippen LogP contribution in [-0.2, 0) is 20.6 Å². The Kier molecular flexibility index (Phi) is 3.73. The lowest BCUT2D eigenvalue weighted by atomic mass is 10.2. The molecule has 0 spiro atoms. The highest BCUT2D eigenvalue weighted by atomic mass is 19.1. The fourth-order valence-corrected chi connectivity index (χ4v) is 2.56. The SMILES string of the molecule is Cn1ccc2c(cc(C(=O)NCc3ccccc3F)n2C)c1=O. The standard InChI is InChI=1S/C17H16FN3O2/c1-20-8-7-14-12(17(20)23)9-15(21(14)2)16(22)19-10-11-5-3-4-6-13(11)18/h3-9H,10H2,1-2H3,(H,19,22). The minimum atomic E-state index is -0.362. The average molecular weight is 313 g/mol. The Morgan fingerprint density at radius 1 is 1.22 bits per heavy atom. The zero-order chi connectivity index (χ0) is 16.6. The maximum atomic E-state index is 13.6. The van der Waals surface area contributed by atoms with Gasteiger partial charge in [-0.3, -0.25) is 9.59 Å². The molecule has 5 nitrogen and oxygen atoms in total. The fourth-order valence-electron chi connectivity index (χ4n) is 2.56. The Balaban J connectivity index is 1.90. The highest BCUT2D eigenvalue weighted by Gasteiger charge is 2.15. The van der Waals surface area contributed by atoms with Gasteiger partial charge in [0.15, 0.2) is 0 Å². The van der Waals surface area contributed by atoms with E-state index in [9.17, 15) is 14.0 Å². The maximum absolute atomic E-state index is 13.6. The first kappa shape index (κ1) is 15.0. The van der Waals surface area contributed by atoms with E-state index in [4.69, 9.17) is 0 Å². The van der Waals surface area contributed by atoms with Crippen LogP contribution in [0.4, 0.5) is 4.39 Å². The summed E-state index contributed by atoms with van der Waals surface area (Å²) in [4.78, 5) is 24.5. The number of hydrogen-bond acceptors (Lipinski definition) is 2. The molecule has 0 fully saturated rings. The summed E-state index contributed by atoms with van der Waals surface area (Å²) in [5.74, 6) is -0.715. The van der Waals surface area contributed by atoms with Gasteiger partial charge in [-0.1, -0.05) is 18.2 Å². The fraction of sp³-hybridized carbons (Fsp3) is 0.176. The van der Waals surface area contributed by atoms with Gasteiger partial charge < -0.3 is 14.5 Å². The molecular formula is C17H16FN3O2. The summed E-state index contributed by atoms with van der Waals surface area (Å²) >= 11 is 0. The molecule has 0 bridgehead atoms. The van der Waals surface area contributed by atoms with E-state index in [1.165, 1.54) is 10.6 Å². The summed E-state index contributed by atoms with van der Waals surface area (Å²) in [5.41, 5.74) is 1.30. The summed E-state index contributed by atoms with van der Waals surface area (Å²) in [6, 6.07) is 9.62. The molecule has 3 rings (SSSR count). The molecule has 0 aliphatic heterocycles. The van der Waals surface area contributed by atoms with Gasteiger partial charge in [-0.15, -0.1) is 0 Å². The molecular weight excluding hydrogens is 297 g/mol. The monoisotopic (exact) mass is 313 g/mol. The third-order valence-corrected chi connectivity index (χ3v) is 3.92. The number of nitrogens with zero attached hydrogens (tertiary/aromatic N) is 2. The molecule has 0 atom stereocenters. The lowest BCUT2D eigenvalue weighted by Crippen LogP contribution is -2.25. The van der Waals surface area contributed by atoms with E-state index in [0.29, 0.717) is 22.2 Å². The van der Waals surface area contributed by atoms with Crippen LogP contribution >= 0.6 is 0 Å². The van der Waals surface area contributed by atoms with E-state index in [1.807, 2.05) is 0 Å². The number of nitrogens with one attached hydrogen (secondary N) is 1. The van der Waals surface area contributed by atoms with Crippen LogP contribution in [0.1, 0.15) is 16.1 Å². The van der Waals surface area contributed by atoms with Gasteiger partial charge in [-0.05, 0) is 18.2 Å². The van der Waals surface area contributed by atoms with Crippen LogP contribution in [-0.4, -0.2) is 15.0 Å². The molecule has 0 aliphatic carbocycles. The van der Waals surface area contributed by atoms with Crippen molar-refractivity contribution in [3.63, 3.8) is 0 Å². The second-order valence-electron chi connectivity index (χ2n) is 5.39. The number of amides is 1. The van der Waals surface area contributed by atoms with Crippen LogP contribution in [0.5, 0.6) is 0 Å². The Labute approximate surface area is 132 Å². The average Bonchev–Trinajstić information content (AvgIpc) is 2.88. The molecule has 0 radical (unpaired) electrons. The Hall–Kier alpha value is -2.89. The van der Waals surface area contributed by atoms with E-state index in [2.05, 4.69) is 5.32 Å². The number of halogens is 1. The van der Waals surface area contributed by atoms with Crippen LogP contribution < -0.4 is 10.9 Å². The zero-order valence-electron chi connectivity index (χ0n) is 12.8. The number of rotatable bonds is 3. The number of fused-ring (bicyclic) bond motifs is 1. The van der Waals surface area contributed by atoms with Gasteiger partial charge in [0.2, 0.25) is 0 Å². The molecule has 118 valence electrons. The molecule has 0 unspecified atom stereocenters. The highest BCUT2D eigenvalue weighted by Crippen LogP contribution is 2.15. The van der Waals surface area contributed by atoms with E-state index < -0.39 is 0 Å². The van der Waals surface area contributed by atoms with Gasteiger partial charge in [-0.2, -0.15) is 0 Å². The molecule has 0 saturated carbocycles. The third kappa shape index (κ3) is 2.63. The predicted molar refractivity (Wildman–Crippen MR) is 85.7 cm³/mol. The van der Waals surface area contributed by atoms with E-state index in [0.717, 1.165) is 0 Å². The van der Waals surface area contributed by atoms with Crippen LogP contribution in [0, 0.1) is 5.82 Å². The van der Waals surface area contributed by atoms with Crippen molar-refractivity contribution in [2.75, 3.05) is 0 Å². The Morgan fingerprint density at radius 2 is 1.96 bits per heavy atom. The Morgan fingerprint density at radius 3 is 2.70 bits per heavy atom. The minimum Gasteiger partial charge on any atom is -0.347 e. The Bertz CT molecular complexity index is 956. The molecule has 1 amide bonds. The normalized spacial score (nSPS) is 10.9. The first-order valence-corrected chi connectivity index (χ1v) is 7.15. The lowest BCUT2D eigenvalue weighted by molar-refractivity contribution is 0.0943. The van der Waals surface area contributed by atoms with Crippen LogP contribution in [0.25, 0.3) is 10.9 Å². The lowest BCUT2D eigenvalue weighted by Gasteiger charge is -2.07. The summed E-state index contributed by atoms with van der Waals surface area (Å²) in [7, 11) is 3.38. The van der Waals surface area contributed by atoms with E-state index >= 15 is 0 Å². The van der Waals surface area contributed by atoms with Gasteiger partial charge in [0.05, 0.1) is 10.9 Å². The molecule has 6 heteroatoms. The largest absolute Gasteiger partial charge is 0.347 e. The number of carbonyl (C=O) groups excluding carboxylic acids is 1. The van der Waals surface area contributed by atoms with Crippen LogP contribution in [0.15, 0.2) is 47.4 Å². The molecule has 2 heterocycles. The van der Waals surface area contributed by atoms with Gasteiger partial charge in [0, 0.05) is 32.4 Å². The summed E-state index contributed by atoms with van der Waals surface area (Å²) in [5, 5.41) is 3.16. The van der Waals surface area contributed by atoms with Gasteiger partial charge in [-0.25, -0.2) is 4.39 Å². The smallest absolute Gasteiger partial charge is 0.268 e. The van der Waals surface area contributed by atoms with Crippen molar-refractivity contribution >= 4 is 16.8 Å². The summed E-state index contributed by atoms with van der Waals surface area (Å²) < 4.78 is 16.7. The van der Waals surface area contributed by atoms with E-state index in [1.54, 1.807) is 55.2 Å². The van der Waals surface area contributed by atoms with Crippen molar-refractivity contribution in [1.29, 1.82) is 0 Å². The third-order valence-electron chi connectivity index (χ3n) is 3.92. The predicted octanol–water partition coefficient (Wildman–Crippen LogP) is 1.95. The van der Waals surface area contributed by atoms with Crippen molar-refractivity contribution in [1.82, 2.24) is 14.5 Å². The van der Waals surface area contributed by atoms with Crippen LogP contribution in [0.2, 0.25) is 0 Å². The molecule has 1 aromatic carbocycles. The van der Waals surface area contributed by atoms with Crippen molar-refractivity contribution in [3.8, 4) is 0 Å². The summed E-state index contributed by atoms with van der Waals surface area (Å²) in [6.07, 6.45) is 1.66. The highest BCUT2D eigenvalue weighted by molar-refractivity contribution is 5.98. The number of aryl methyl sites for hydroxylation is 2. The summed E-state index contributed by atoms with van der Waals surface area (Å²) in [6.45, 7) is 0.0883. The molecule has 2 aromatic heterocycles. The number of pyridine rings is 1. The van der Waals surface area contributed by atoms with Gasteiger partial charge in [0.25, 0.3) is 11.5 Å². The van der Waals surface area contributed by atoms with Crippen molar-refractivity contribution in [2.24, 2.45) is 14.1 Å². The van der Waals surface area contributed by atoms with Gasteiger partial charge >= 0.3 is 0 Å². The maximum Gasteiger partial charge on any atom is 0.268 e. The molecule has 3 aromatic rings. The van der Waals surface area contributed by atoms with E-state index in [-0.39, 0.29) is 23.8 Å². The molecule has 1 N–H and O–H groups in total. The number of carbonyl (C=O) groups is 1. The number of benzene rings is 1. The zero-order valence-corrected chi connectivity index (χ0v) is 12.8.